The number of H-pyrrole nitrogens is 1. The minimum Gasteiger partial charge on any atom is -0.461 e. The van der Waals surface area contributed by atoms with Gasteiger partial charge in [0.2, 0.25) is 5.91 Å². The highest BCUT2D eigenvalue weighted by atomic mass is 32.1. The van der Waals surface area contributed by atoms with E-state index >= 15 is 0 Å². The van der Waals surface area contributed by atoms with Crippen LogP contribution in [-0.2, 0) is 20.9 Å². The Morgan fingerprint density at radius 3 is 2.45 bits per heavy atom. The number of aryl methyl sites for hydroxylation is 1. The molecule has 0 aliphatic carbocycles. The second-order valence-electron chi connectivity index (χ2n) is 6.73. The summed E-state index contributed by atoms with van der Waals surface area (Å²) in [7, 11) is 0. The van der Waals surface area contributed by atoms with Gasteiger partial charge in [0, 0.05) is 18.0 Å². The van der Waals surface area contributed by atoms with Gasteiger partial charge in [0.25, 0.3) is 0 Å². The van der Waals surface area contributed by atoms with Gasteiger partial charge in [-0.15, -0.1) is 11.3 Å². The van der Waals surface area contributed by atoms with Gasteiger partial charge in [-0.25, -0.2) is 14.6 Å². The van der Waals surface area contributed by atoms with Crippen LogP contribution in [0.4, 0.5) is 10.8 Å². The monoisotopic (exact) mass is 441 g/mol. The number of anilines is 2. The highest BCUT2D eigenvalue weighted by Crippen LogP contribution is 2.29. The zero-order chi connectivity index (χ0) is 22.5. The maximum absolute atomic E-state index is 12.6. The first-order valence-corrected chi connectivity index (χ1v) is 10.5. The molecule has 2 heterocycles. The molecule has 0 aliphatic rings. The number of carbonyl (C=O) groups is 3. The van der Waals surface area contributed by atoms with Gasteiger partial charge >= 0.3 is 11.9 Å². The summed E-state index contributed by atoms with van der Waals surface area (Å²) in [6, 6.07) is 9.19. The summed E-state index contributed by atoms with van der Waals surface area (Å²) in [5.41, 5.74) is 2.77. The Morgan fingerprint density at radius 2 is 1.81 bits per heavy atom. The molecule has 0 atom stereocenters. The van der Waals surface area contributed by atoms with E-state index in [2.05, 4.69) is 9.97 Å². The fourth-order valence-corrected chi connectivity index (χ4v) is 4.02. The largest absolute Gasteiger partial charge is 0.461 e. The third-order valence-electron chi connectivity index (χ3n) is 4.53. The first kappa shape index (κ1) is 22.2. The summed E-state index contributed by atoms with van der Waals surface area (Å²) in [6.45, 7) is 6.71. The number of para-hydroxylation sites is 1. The lowest BCUT2D eigenvalue weighted by Crippen LogP contribution is -2.22. The van der Waals surface area contributed by atoms with Crippen molar-refractivity contribution in [2.75, 3.05) is 11.5 Å². The van der Waals surface area contributed by atoms with Gasteiger partial charge < -0.3 is 14.5 Å². The van der Waals surface area contributed by atoms with Crippen LogP contribution in [0.3, 0.4) is 0 Å². The fraction of sp³-hybridized carbons (Fsp3) is 0.273. The molecule has 1 aromatic carbocycles. The number of carbonyl (C=O) groups excluding carboxylic acids is 3. The Labute approximate surface area is 183 Å². The quantitative estimate of drug-likeness (QED) is 0.549. The third-order valence-corrected chi connectivity index (χ3v) is 5.41. The van der Waals surface area contributed by atoms with E-state index in [-0.39, 0.29) is 24.8 Å². The van der Waals surface area contributed by atoms with Crippen molar-refractivity contribution in [2.45, 2.75) is 34.3 Å². The number of esters is 2. The fourth-order valence-electron chi connectivity index (χ4n) is 3.14. The van der Waals surface area contributed by atoms with Crippen molar-refractivity contribution in [1.82, 2.24) is 9.97 Å². The number of nitrogens with zero attached hydrogens (tertiary/aromatic N) is 2. The first-order chi connectivity index (χ1) is 14.8. The van der Waals surface area contributed by atoms with E-state index in [0.717, 1.165) is 0 Å². The zero-order valence-electron chi connectivity index (χ0n) is 17.7. The lowest BCUT2D eigenvalue weighted by Gasteiger charge is -2.17. The van der Waals surface area contributed by atoms with Crippen LogP contribution in [0.15, 0.2) is 35.7 Å². The van der Waals surface area contributed by atoms with Crippen molar-refractivity contribution in [3.05, 3.63) is 63.9 Å². The molecule has 0 saturated carbocycles. The molecule has 0 saturated heterocycles. The van der Waals surface area contributed by atoms with E-state index in [4.69, 9.17) is 9.47 Å². The first-order valence-electron chi connectivity index (χ1n) is 9.67. The topological polar surface area (TPSA) is 102 Å². The summed E-state index contributed by atoms with van der Waals surface area (Å²) in [5.74, 6) is -1.26. The zero-order valence-corrected chi connectivity index (χ0v) is 18.5. The number of hydrogen-bond acceptors (Lipinski definition) is 7. The highest BCUT2D eigenvalue weighted by molar-refractivity contribution is 7.14. The number of amides is 1. The van der Waals surface area contributed by atoms with E-state index in [0.29, 0.717) is 33.3 Å². The molecule has 0 radical (unpaired) electrons. The van der Waals surface area contributed by atoms with Crippen molar-refractivity contribution in [2.24, 2.45) is 0 Å². The molecule has 1 amide bonds. The summed E-state index contributed by atoms with van der Waals surface area (Å²) in [5, 5.41) is 2.23. The Morgan fingerprint density at radius 1 is 1.10 bits per heavy atom. The Kier molecular flexibility index (Phi) is 6.86. The third kappa shape index (κ3) is 4.83. The number of ether oxygens (including phenoxy) is 2. The van der Waals surface area contributed by atoms with Gasteiger partial charge in [0.15, 0.2) is 5.13 Å². The number of thiazole rings is 1. The van der Waals surface area contributed by atoms with Gasteiger partial charge in [0.05, 0.1) is 23.6 Å². The molecule has 0 aliphatic heterocycles. The average molecular weight is 442 g/mol. The van der Waals surface area contributed by atoms with Crippen LogP contribution in [0.25, 0.3) is 0 Å². The number of aromatic amines is 1. The average Bonchev–Trinajstić information content (AvgIpc) is 3.31. The Hall–Kier alpha value is -3.46. The van der Waals surface area contributed by atoms with Gasteiger partial charge in [-0.3, -0.25) is 9.69 Å². The second-order valence-corrected chi connectivity index (χ2v) is 7.57. The summed E-state index contributed by atoms with van der Waals surface area (Å²) >= 11 is 1.28. The van der Waals surface area contributed by atoms with Crippen LogP contribution in [-0.4, -0.2) is 34.4 Å². The second kappa shape index (κ2) is 9.57. The molecule has 31 heavy (non-hydrogen) atoms. The molecule has 9 heteroatoms. The maximum atomic E-state index is 12.6. The molecule has 162 valence electrons. The van der Waals surface area contributed by atoms with Crippen LogP contribution < -0.4 is 4.90 Å². The molecule has 8 nitrogen and oxygen atoms in total. The minimum absolute atomic E-state index is 0.0608. The molecule has 0 fully saturated rings. The number of aromatic nitrogens is 2. The van der Waals surface area contributed by atoms with Crippen molar-refractivity contribution >= 4 is 40.0 Å². The molecule has 2 aromatic heterocycles. The molecule has 3 rings (SSSR count). The normalized spacial score (nSPS) is 10.6. The number of rotatable bonds is 7. The standard InChI is InChI=1S/C22H23N3O5S/c1-5-29-21(28)19-13(2)18(14(3)23-19)20(27)30-11-16-12-31-22(24-16)25(15(4)26)17-9-7-6-8-10-17/h6-10,12,23H,5,11H2,1-4H3. The predicted octanol–water partition coefficient (Wildman–Crippen LogP) is 4.31. The lowest BCUT2D eigenvalue weighted by molar-refractivity contribution is -0.115. The number of benzene rings is 1. The Bertz CT molecular complexity index is 1100. The van der Waals surface area contributed by atoms with Crippen molar-refractivity contribution < 1.29 is 23.9 Å². The van der Waals surface area contributed by atoms with Crippen molar-refractivity contribution in [3.63, 3.8) is 0 Å². The smallest absolute Gasteiger partial charge is 0.355 e. The van der Waals surface area contributed by atoms with E-state index in [1.54, 1.807) is 26.2 Å². The van der Waals surface area contributed by atoms with Gasteiger partial charge in [-0.2, -0.15) is 0 Å². The van der Waals surface area contributed by atoms with Crippen LogP contribution in [0.5, 0.6) is 0 Å². The molecule has 0 unspecified atom stereocenters. The van der Waals surface area contributed by atoms with Crippen molar-refractivity contribution in [3.8, 4) is 0 Å². The predicted molar refractivity (Wildman–Crippen MR) is 117 cm³/mol. The maximum Gasteiger partial charge on any atom is 0.355 e. The molecular formula is C22H23N3O5S. The minimum atomic E-state index is -0.567. The van der Waals surface area contributed by atoms with E-state index < -0.39 is 11.9 Å². The Balaban J connectivity index is 1.73. The number of hydrogen-bond donors (Lipinski definition) is 1. The molecular weight excluding hydrogens is 418 g/mol. The number of nitrogens with one attached hydrogen (secondary N) is 1. The molecule has 1 N–H and O–H groups in total. The van der Waals surface area contributed by atoms with Crippen molar-refractivity contribution in [1.29, 1.82) is 0 Å². The van der Waals surface area contributed by atoms with Crippen LogP contribution >= 0.6 is 11.3 Å². The lowest BCUT2D eigenvalue weighted by atomic mass is 10.1. The molecule has 3 aromatic rings. The van der Waals surface area contributed by atoms with E-state index in [1.807, 2.05) is 30.3 Å². The van der Waals surface area contributed by atoms with Crippen LogP contribution in [0.2, 0.25) is 0 Å². The SMILES string of the molecule is CCOC(=O)c1[nH]c(C)c(C(=O)OCc2csc(N(C(C)=O)c3ccccc3)n2)c1C. The highest BCUT2D eigenvalue weighted by Gasteiger charge is 2.24. The summed E-state index contributed by atoms with van der Waals surface area (Å²) in [6.07, 6.45) is 0. The molecule has 0 bridgehead atoms. The van der Waals surface area contributed by atoms with Gasteiger partial charge in [-0.1, -0.05) is 18.2 Å². The van der Waals surface area contributed by atoms with Crippen LogP contribution in [0.1, 0.15) is 51.6 Å². The summed E-state index contributed by atoms with van der Waals surface area (Å²) in [4.78, 5) is 45.7. The van der Waals surface area contributed by atoms with Crippen LogP contribution in [0, 0.1) is 13.8 Å². The van der Waals surface area contributed by atoms with Gasteiger partial charge in [0.1, 0.15) is 12.3 Å². The summed E-state index contributed by atoms with van der Waals surface area (Å²) < 4.78 is 10.4. The van der Waals surface area contributed by atoms with E-state index in [1.165, 1.54) is 23.2 Å². The van der Waals surface area contributed by atoms with E-state index in [9.17, 15) is 14.4 Å². The molecule has 0 spiro atoms. The van der Waals surface area contributed by atoms with Gasteiger partial charge in [-0.05, 0) is 38.5 Å².